The van der Waals surface area contributed by atoms with Gasteiger partial charge < -0.3 is 14.5 Å². The first-order valence-corrected chi connectivity index (χ1v) is 11.7. The van der Waals surface area contributed by atoms with Crippen molar-refractivity contribution < 1.29 is 9.47 Å². The summed E-state index contributed by atoms with van der Waals surface area (Å²) < 4.78 is 13.0. The van der Waals surface area contributed by atoms with E-state index in [4.69, 9.17) is 9.47 Å². The van der Waals surface area contributed by atoms with Gasteiger partial charge in [0, 0.05) is 17.0 Å². The lowest BCUT2D eigenvalue weighted by Crippen LogP contribution is -2.40. The van der Waals surface area contributed by atoms with Gasteiger partial charge in [-0.1, -0.05) is 19.8 Å². The van der Waals surface area contributed by atoms with E-state index in [1.54, 1.807) is 0 Å². The maximum absolute atomic E-state index is 13.4. The van der Waals surface area contributed by atoms with Crippen LogP contribution in [0.3, 0.4) is 0 Å². The van der Waals surface area contributed by atoms with Gasteiger partial charge in [-0.05, 0) is 67.3 Å². The lowest BCUT2D eigenvalue weighted by atomic mass is 9.95. The second-order valence-electron chi connectivity index (χ2n) is 9.39. The predicted molar refractivity (Wildman–Crippen MR) is 118 cm³/mol. The number of hydrogen-bond donors (Lipinski definition) is 1. The van der Waals surface area contributed by atoms with Gasteiger partial charge in [0.15, 0.2) is 17.3 Å². The van der Waals surface area contributed by atoms with E-state index in [1.165, 1.54) is 12.8 Å². The van der Waals surface area contributed by atoms with E-state index in [0.29, 0.717) is 29.0 Å². The Morgan fingerprint density at radius 2 is 1.81 bits per heavy atom. The van der Waals surface area contributed by atoms with Crippen molar-refractivity contribution >= 4 is 10.9 Å². The second kappa shape index (κ2) is 7.88. The Labute approximate surface area is 185 Å². The Kier molecular flexibility index (Phi) is 4.86. The number of pyridine rings is 1. The molecule has 9 heteroatoms. The van der Waals surface area contributed by atoms with Gasteiger partial charge in [0.25, 0.3) is 5.56 Å². The molecule has 1 saturated heterocycles. The first-order valence-electron chi connectivity index (χ1n) is 11.7. The number of aromatic amines is 1. The quantitative estimate of drug-likeness (QED) is 0.671. The SMILES string of the molecule is CC1CCN(C(c2cc3cc4c(cc3[nH]c2=O)OCO4)c2nnnn2C2CCCC2)CC1. The van der Waals surface area contributed by atoms with E-state index in [2.05, 4.69) is 32.3 Å². The maximum Gasteiger partial charge on any atom is 0.253 e. The van der Waals surface area contributed by atoms with Crippen molar-refractivity contribution in [2.24, 2.45) is 5.92 Å². The molecule has 3 aromatic rings. The van der Waals surface area contributed by atoms with Crippen LogP contribution < -0.4 is 15.0 Å². The first-order chi connectivity index (χ1) is 15.7. The molecule has 6 rings (SSSR count). The number of aromatic nitrogens is 5. The lowest BCUT2D eigenvalue weighted by Gasteiger charge is -2.36. The molecule has 2 aliphatic heterocycles. The van der Waals surface area contributed by atoms with E-state index in [0.717, 1.165) is 55.5 Å². The highest BCUT2D eigenvalue weighted by atomic mass is 16.7. The number of hydrogen-bond acceptors (Lipinski definition) is 7. The zero-order valence-corrected chi connectivity index (χ0v) is 18.3. The van der Waals surface area contributed by atoms with E-state index < -0.39 is 0 Å². The van der Waals surface area contributed by atoms with Crippen molar-refractivity contribution in [2.75, 3.05) is 19.9 Å². The molecule has 32 heavy (non-hydrogen) atoms. The van der Waals surface area contributed by atoms with Crippen LogP contribution in [0.15, 0.2) is 23.0 Å². The lowest BCUT2D eigenvalue weighted by molar-refractivity contribution is 0.147. The number of ether oxygens (including phenoxy) is 2. The van der Waals surface area contributed by atoms with Crippen molar-refractivity contribution in [3.05, 3.63) is 39.9 Å². The van der Waals surface area contributed by atoms with Crippen LogP contribution in [0.25, 0.3) is 10.9 Å². The molecule has 1 aromatic carbocycles. The molecule has 0 radical (unpaired) electrons. The number of piperidine rings is 1. The third kappa shape index (κ3) is 3.35. The van der Waals surface area contributed by atoms with Crippen molar-refractivity contribution in [1.82, 2.24) is 30.1 Å². The number of tetrazole rings is 1. The zero-order valence-electron chi connectivity index (χ0n) is 18.3. The Morgan fingerprint density at radius 1 is 1.06 bits per heavy atom. The van der Waals surface area contributed by atoms with Gasteiger partial charge in [0.05, 0.1) is 11.6 Å². The molecule has 1 saturated carbocycles. The number of nitrogens with one attached hydrogen (secondary N) is 1. The number of H-pyrrole nitrogens is 1. The fourth-order valence-electron chi connectivity index (χ4n) is 5.39. The molecule has 9 nitrogen and oxygen atoms in total. The Bertz CT molecular complexity index is 1190. The number of benzene rings is 1. The molecule has 2 fully saturated rings. The molecule has 0 bridgehead atoms. The Balaban J connectivity index is 1.48. The van der Waals surface area contributed by atoms with Crippen molar-refractivity contribution in [1.29, 1.82) is 0 Å². The highest BCUT2D eigenvalue weighted by molar-refractivity contribution is 5.83. The largest absolute Gasteiger partial charge is 0.454 e. The molecule has 1 N–H and O–H groups in total. The summed E-state index contributed by atoms with van der Waals surface area (Å²) in [6.45, 7) is 4.33. The van der Waals surface area contributed by atoms with Gasteiger partial charge in [0.1, 0.15) is 6.04 Å². The molecule has 1 aliphatic carbocycles. The van der Waals surface area contributed by atoms with Gasteiger partial charge in [-0.2, -0.15) is 0 Å². The predicted octanol–water partition coefficient (Wildman–Crippen LogP) is 3.18. The minimum atomic E-state index is -0.281. The highest BCUT2D eigenvalue weighted by Crippen LogP contribution is 2.38. The van der Waals surface area contributed by atoms with Gasteiger partial charge in [-0.3, -0.25) is 9.69 Å². The molecule has 1 unspecified atom stereocenters. The summed E-state index contributed by atoms with van der Waals surface area (Å²) in [5, 5.41) is 13.8. The van der Waals surface area contributed by atoms with Crippen LogP contribution in [0, 0.1) is 5.92 Å². The van der Waals surface area contributed by atoms with E-state index in [-0.39, 0.29) is 18.4 Å². The summed E-state index contributed by atoms with van der Waals surface area (Å²) >= 11 is 0. The summed E-state index contributed by atoms with van der Waals surface area (Å²) in [5.41, 5.74) is 1.31. The van der Waals surface area contributed by atoms with Gasteiger partial charge in [-0.25, -0.2) is 4.68 Å². The molecule has 168 valence electrons. The van der Waals surface area contributed by atoms with Crippen molar-refractivity contribution in [3.63, 3.8) is 0 Å². The fraction of sp³-hybridized carbons (Fsp3) is 0.565. The maximum atomic E-state index is 13.4. The summed E-state index contributed by atoms with van der Waals surface area (Å²) in [6.07, 6.45) is 6.76. The summed E-state index contributed by atoms with van der Waals surface area (Å²) in [4.78, 5) is 18.8. The van der Waals surface area contributed by atoms with Gasteiger partial charge in [-0.15, -0.1) is 5.10 Å². The van der Waals surface area contributed by atoms with Crippen molar-refractivity contribution in [2.45, 2.75) is 57.5 Å². The van der Waals surface area contributed by atoms with Crippen molar-refractivity contribution in [3.8, 4) is 11.5 Å². The van der Waals surface area contributed by atoms with Crippen LogP contribution in [-0.4, -0.2) is 50.0 Å². The molecular weight excluding hydrogens is 408 g/mol. The topological polar surface area (TPSA) is 98.2 Å². The Hall–Kier alpha value is -2.94. The normalized spacial score (nSPS) is 20.9. The standard InChI is InChI=1S/C23H28N6O3/c1-14-6-8-28(9-7-14)21(22-25-26-27-29(22)16-4-2-3-5-16)17-10-15-11-19-20(32-13-31-19)12-18(15)24-23(17)30/h10-12,14,16,21H,2-9,13H2,1H3,(H,24,30). The number of likely N-dealkylation sites (tertiary alicyclic amines) is 1. The molecule has 2 aromatic heterocycles. The van der Waals surface area contributed by atoms with Gasteiger partial charge >= 0.3 is 0 Å². The van der Waals surface area contributed by atoms with Crippen LogP contribution in [-0.2, 0) is 0 Å². The van der Waals surface area contributed by atoms with E-state index >= 15 is 0 Å². The van der Waals surface area contributed by atoms with Crippen LogP contribution >= 0.6 is 0 Å². The fourth-order valence-corrected chi connectivity index (χ4v) is 5.39. The highest BCUT2D eigenvalue weighted by Gasteiger charge is 2.34. The monoisotopic (exact) mass is 436 g/mol. The molecular formula is C23H28N6O3. The summed E-state index contributed by atoms with van der Waals surface area (Å²) in [5.74, 6) is 2.83. The molecule has 0 amide bonds. The first kappa shape index (κ1) is 19.7. The van der Waals surface area contributed by atoms with Crippen LogP contribution in [0.1, 0.15) is 68.9 Å². The summed E-state index contributed by atoms with van der Waals surface area (Å²) in [7, 11) is 0. The van der Waals surface area contributed by atoms with Crippen LogP contribution in [0.4, 0.5) is 0 Å². The van der Waals surface area contributed by atoms with Crippen LogP contribution in [0.2, 0.25) is 0 Å². The van der Waals surface area contributed by atoms with E-state index in [1.807, 2.05) is 22.9 Å². The second-order valence-corrected chi connectivity index (χ2v) is 9.39. The van der Waals surface area contributed by atoms with Gasteiger partial charge in [0.2, 0.25) is 6.79 Å². The molecule has 3 aliphatic rings. The van der Waals surface area contributed by atoms with E-state index in [9.17, 15) is 4.79 Å². The zero-order chi connectivity index (χ0) is 21.7. The molecule has 1 atom stereocenters. The molecule has 0 spiro atoms. The third-order valence-corrected chi connectivity index (χ3v) is 7.28. The number of rotatable bonds is 4. The number of nitrogens with zero attached hydrogens (tertiary/aromatic N) is 5. The van der Waals surface area contributed by atoms with Crippen LogP contribution in [0.5, 0.6) is 11.5 Å². The smallest absolute Gasteiger partial charge is 0.253 e. The number of fused-ring (bicyclic) bond motifs is 2. The average Bonchev–Trinajstić information content (AvgIpc) is 3.55. The summed E-state index contributed by atoms with van der Waals surface area (Å²) in [6, 6.07) is 5.78. The Morgan fingerprint density at radius 3 is 2.59 bits per heavy atom. The minimum Gasteiger partial charge on any atom is -0.454 e. The molecule has 4 heterocycles. The minimum absolute atomic E-state index is 0.110. The average molecular weight is 437 g/mol. The third-order valence-electron chi connectivity index (χ3n) is 7.28.